The van der Waals surface area contributed by atoms with E-state index in [1.165, 1.54) is 18.2 Å². The van der Waals surface area contributed by atoms with E-state index in [2.05, 4.69) is 15.2 Å². The molecule has 2 heterocycles. The molecule has 6 nitrogen and oxygen atoms in total. The Hall–Kier alpha value is -3.62. The van der Waals surface area contributed by atoms with Crippen molar-refractivity contribution in [2.75, 3.05) is 36.4 Å². The Bertz CT molecular complexity index is 1220. The summed E-state index contributed by atoms with van der Waals surface area (Å²) in [5.41, 5.74) is 2.93. The third-order valence-electron chi connectivity index (χ3n) is 6.04. The molecule has 1 fully saturated rings. The summed E-state index contributed by atoms with van der Waals surface area (Å²) in [6, 6.07) is 9.44. The van der Waals surface area contributed by atoms with Gasteiger partial charge in [-0.25, -0.2) is 27.9 Å². The molecule has 2 amide bonds. The van der Waals surface area contributed by atoms with Crippen molar-refractivity contribution in [1.82, 2.24) is 14.9 Å². The number of nitrogens with one attached hydrogen (secondary N) is 1. The molecule has 35 heavy (non-hydrogen) atoms. The highest BCUT2D eigenvalue weighted by Gasteiger charge is 2.24. The smallest absolute Gasteiger partial charge is 0.321 e. The normalized spacial score (nSPS) is 14.1. The van der Waals surface area contributed by atoms with Gasteiger partial charge in [-0.3, -0.25) is 0 Å². The molecule has 1 aromatic heterocycles. The molecule has 0 bridgehead atoms. The van der Waals surface area contributed by atoms with Gasteiger partial charge in [0.1, 0.15) is 17.5 Å². The van der Waals surface area contributed by atoms with Crippen molar-refractivity contribution < 1.29 is 18.0 Å². The highest BCUT2D eigenvalue weighted by Crippen LogP contribution is 2.26. The predicted octanol–water partition coefficient (Wildman–Crippen LogP) is 5.10. The van der Waals surface area contributed by atoms with E-state index in [1.807, 2.05) is 19.9 Å². The zero-order chi connectivity index (χ0) is 24.9. The summed E-state index contributed by atoms with van der Waals surface area (Å²) in [6.45, 7) is 6.06. The van der Waals surface area contributed by atoms with Crippen LogP contribution in [0.3, 0.4) is 0 Å². The van der Waals surface area contributed by atoms with Gasteiger partial charge in [-0.15, -0.1) is 0 Å². The third-order valence-corrected chi connectivity index (χ3v) is 6.04. The number of rotatable bonds is 5. The number of urea groups is 1. The number of benzene rings is 2. The van der Waals surface area contributed by atoms with Crippen molar-refractivity contribution in [3.05, 3.63) is 82.6 Å². The van der Waals surface area contributed by atoms with Crippen LogP contribution in [0.25, 0.3) is 0 Å². The van der Waals surface area contributed by atoms with Crippen molar-refractivity contribution in [3.8, 4) is 0 Å². The van der Waals surface area contributed by atoms with Crippen molar-refractivity contribution in [2.45, 2.75) is 33.1 Å². The molecule has 3 aromatic rings. The largest absolute Gasteiger partial charge is 0.354 e. The molecule has 0 spiro atoms. The molecule has 1 saturated heterocycles. The maximum absolute atomic E-state index is 13.8. The Balaban J connectivity index is 1.53. The van der Waals surface area contributed by atoms with Gasteiger partial charge in [-0.2, -0.15) is 0 Å². The van der Waals surface area contributed by atoms with Crippen molar-refractivity contribution in [1.29, 1.82) is 0 Å². The molecule has 0 aliphatic carbocycles. The highest BCUT2D eigenvalue weighted by atomic mass is 19.2. The van der Waals surface area contributed by atoms with Crippen molar-refractivity contribution >= 4 is 17.5 Å². The maximum Gasteiger partial charge on any atom is 0.321 e. The molecule has 0 unspecified atom stereocenters. The minimum absolute atomic E-state index is 0.200. The zero-order valence-electron chi connectivity index (χ0n) is 19.8. The highest BCUT2D eigenvalue weighted by molar-refractivity contribution is 5.89. The topological polar surface area (TPSA) is 61.4 Å². The van der Waals surface area contributed by atoms with Crippen LogP contribution in [0.5, 0.6) is 0 Å². The van der Waals surface area contributed by atoms with Crippen LogP contribution < -0.4 is 10.2 Å². The fourth-order valence-electron chi connectivity index (χ4n) is 4.33. The van der Waals surface area contributed by atoms with Crippen LogP contribution in [-0.4, -0.2) is 47.1 Å². The van der Waals surface area contributed by atoms with Crippen LogP contribution in [0.4, 0.5) is 29.5 Å². The number of amides is 2. The summed E-state index contributed by atoms with van der Waals surface area (Å²) >= 11 is 0. The molecule has 0 saturated carbocycles. The molecule has 9 heteroatoms. The molecule has 1 aliphatic rings. The number of carbonyl (C=O) groups is 1. The summed E-state index contributed by atoms with van der Waals surface area (Å²) in [6.07, 6.45) is 1.93. The average molecular weight is 484 g/mol. The average Bonchev–Trinajstić information content (AvgIpc) is 3.09. The quantitative estimate of drug-likeness (QED) is 0.549. The van der Waals surface area contributed by atoms with Gasteiger partial charge < -0.3 is 15.1 Å². The lowest BCUT2D eigenvalue weighted by Crippen LogP contribution is -2.38. The molecule has 0 radical (unpaired) electrons. The van der Waals surface area contributed by atoms with E-state index in [1.54, 1.807) is 11.0 Å². The van der Waals surface area contributed by atoms with Crippen LogP contribution in [0.15, 0.2) is 42.5 Å². The van der Waals surface area contributed by atoms with E-state index in [4.69, 9.17) is 4.98 Å². The lowest BCUT2D eigenvalue weighted by Gasteiger charge is -2.26. The standard InChI is InChI=1S/C26H28F3N5O/c1-3-24-21(15-18-6-4-7-19(27)14-18)25(31-17(2)30-24)33-10-5-11-34(13-12-33)26(35)32-20-8-9-22(28)23(29)16-20/h4,6-9,14,16H,3,5,10-13,15H2,1-2H3,(H,32,35). The minimum Gasteiger partial charge on any atom is -0.354 e. The van der Waals surface area contributed by atoms with Crippen LogP contribution in [0.2, 0.25) is 0 Å². The summed E-state index contributed by atoms with van der Waals surface area (Å²) in [5.74, 6) is -0.790. The summed E-state index contributed by atoms with van der Waals surface area (Å²) in [7, 11) is 0. The van der Waals surface area contributed by atoms with Gasteiger partial charge in [0.25, 0.3) is 0 Å². The molecule has 2 aromatic carbocycles. The zero-order valence-corrected chi connectivity index (χ0v) is 19.8. The second-order valence-corrected chi connectivity index (χ2v) is 8.57. The molecule has 0 atom stereocenters. The monoisotopic (exact) mass is 483 g/mol. The number of nitrogens with zero attached hydrogens (tertiary/aromatic N) is 4. The van der Waals surface area contributed by atoms with Crippen LogP contribution in [-0.2, 0) is 12.8 Å². The number of carbonyl (C=O) groups excluding carboxylic acids is 1. The first kappa shape index (κ1) is 24.5. The van der Waals surface area contributed by atoms with Gasteiger partial charge in [-0.1, -0.05) is 19.1 Å². The Labute approximate surface area is 202 Å². The first-order valence-corrected chi connectivity index (χ1v) is 11.7. The van der Waals surface area contributed by atoms with E-state index in [0.717, 1.165) is 41.2 Å². The van der Waals surface area contributed by atoms with E-state index < -0.39 is 11.6 Å². The van der Waals surface area contributed by atoms with Crippen LogP contribution in [0.1, 0.15) is 36.0 Å². The minimum atomic E-state index is -1.01. The number of anilines is 2. The van der Waals surface area contributed by atoms with Gasteiger partial charge in [0, 0.05) is 55.6 Å². The molecule has 184 valence electrons. The van der Waals surface area contributed by atoms with Crippen LogP contribution in [0, 0.1) is 24.4 Å². The van der Waals surface area contributed by atoms with Gasteiger partial charge in [0.2, 0.25) is 0 Å². The van der Waals surface area contributed by atoms with Gasteiger partial charge in [0.05, 0.1) is 0 Å². The molecular formula is C26H28F3N5O. The third kappa shape index (κ3) is 5.90. The summed E-state index contributed by atoms with van der Waals surface area (Å²) in [5, 5.41) is 2.64. The second kappa shape index (κ2) is 10.8. The number of aryl methyl sites for hydroxylation is 2. The molecule has 1 aliphatic heterocycles. The van der Waals surface area contributed by atoms with Crippen molar-refractivity contribution in [2.24, 2.45) is 0 Å². The summed E-state index contributed by atoms with van der Waals surface area (Å²) < 4.78 is 40.5. The van der Waals surface area contributed by atoms with Gasteiger partial charge in [-0.05, 0) is 49.6 Å². The first-order chi connectivity index (χ1) is 16.8. The fourth-order valence-corrected chi connectivity index (χ4v) is 4.33. The Morgan fingerprint density at radius 3 is 2.57 bits per heavy atom. The maximum atomic E-state index is 13.8. The van der Waals surface area contributed by atoms with Crippen molar-refractivity contribution in [3.63, 3.8) is 0 Å². The second-order valence-electron chi connectivity index (χ2n) is 8.57. The Morgan fingerprint density at radius 1 is 1.00 bits per heavy atom. The fraction of sp³-hybridized carbons (Fsp3) is 0.346. The Morgan fingerprint density at radius 2 is 1.83 bits per heavy atom. The van der Waals surface area contributed by atoms with E-state index in [-0.39, 0.29) is 17.5 Å². The molecule has 1 N–H and O–H groups in total. The number of aromatic nitrogens is 2. The van der Waals surface area contributed by atoms with E-state index in [9.17, 15) is 18.0 Å². The van der Waals surface area contributed by atoms with Gasteiger partial charge >= 0.3 is 6.03 Å². The van der Waals surface area contributed by atoms with Crippen LogP contribution >= 0.6 is 0 Å². The summed E-state index contributed by atoms with van der Waals surface area (Å²) in [4.78, 5) is 25.9. The van der Waals surface area contributed by atoms with Gasteiger partial charge in [0.15, 0.2) is 11.6 Å². The Kier molecular flexibility index (Phi) is 7.53. The number of hydrogen-bond acceptors (Lipinski definition) is 4. The molecular weight excluding hydrogens is 455 g/mol. The van der Waals surface area contributed by atoms with E-state index >= 15 is 0 Å². The lowest BCUT2D eigenvalue weighted by molar-refractivity contribution is 0.215. The lowest BCUT2D eigenvalue weighted by atomic mass is 10.0. The molecule has 4 rings (SSSR count). The first-order valence-electron chi connectivity index (χ1n) is 11.7. The van der Waals surface area contributed by atoms with E-state index in [0.29, 0.717) is 44.8 Å². The predicted molar refractivity (Wildman–Crippen MR) is 129 cm³/mol. The number of hydrogen-bond donors (Lipinski definition) is 1. The number of halogens is 3. The SMILES string of the molecule is CCc1nc(C)nc(N2CCCN(C(=O)Nc3ccc(F)c(F)c3)CC2)c1Cc1cccc(F)c1.